The summed E-state index contributed by atoms with van der Waals surface area (Å²) in [5.74, 6) is -1.09. The number of aromatic nitrogens is 2. The maximum absolute atomic E-state index is 12.9. The lowest BCUT2D eigenvalue weighted by atomic mass is 10.1. The summed E-state index contributed by atoms with van der Waals surface area (Å²) in [6.07, 6.45) is 4.38. The monoisotopic (exact) mass is 379 g/mol. The van der Waals surface area contributed by atoms with Crippen molar-refractivity contribution in [2.24, 2.45) is 5.92 Å². The third-order valence-electron chi connectivity index (χ3n) is 4.97. The fourth-order valence-electron chi connectivity index (χ4n) is 3.46. The van der Waals surface area contributed by atoms with Crippen LogP contribution in [-0.2, 0) is 11.4 Å². The van der Waals surface area contributed by atoms with E-state index >= 15 is 0 Å². The molecule has 3 aromatic rings. The van der Waals surface area contributed by atoms with Crippen LogP contribution in [0.3, 0.4) is 0 Å². The molecule has 1 fully saturated rings. The second-order valence-electron chi connectivity index (χ2n) is 7.06. The fourth-order valence-corrected chi connectivity index (χ4v) is 3.46. The number of benzene rings is 1. The maximum atomic E-state index is 12.9. The Morgan fingerprint density at radius 1 is 1.21 bits per heavy atom. The number of likely N-dealkylation sites (tertiary alicyclic amines) is 1. The molecule has 1 aromatic carbocycles. The Labute approximate surface area is 162 Å². The maximum Gasteiger partial charge on any atom is 0.308 e. The highest BCUT2D eigenvalue weighted by Crippen LogP contribution is 2.25. The SMILES string of the molecule is Cc1ccc2nc(COc3ccccc3C(=O)N3CCC(C(=O)O)C3)cn2c1. The van der Waals surface area contributed by atoms with Gasteiger partial charge in [0, 0.05) is 25.5 Å². The molecule has 1 saturated heterocycles. The molecule has 7 heteroatoms. The number of aliphatic carboxylic acids is 1. The van der Waals surface area contributed by atoms with Gasteiger partial charge in [0.05, 0.1) is 17.2 Å². The van der Waals surface area contributed by atoms with E-state index in [0.29, 0.717) is 24.3 Å². The van der Waals surface area contributed by atoms with E-state index in [1.165, 1.54) is 0 Å². The quantitative estimate of drug-likeness (QED) is 0.737. The van der Waals surface area contributed by atoms with Gasteiger partial charge in [-0.2, -0.15) is 0 Å². The zero-order valence-electron chi connectivity index (χ0n) is 15.5. The second-order valence-corrected chi connectivity index (χ2v) is 7.06. The van der Waals surface area contributed by atoms with Crippen molar-refractivity contribution in [3.8, 4) is 5.75 Å². The van der Waals surface area contributed by atoms with Gasteiger partial charge in [0.1, 0.15) is 18.0 Å². The van der Waals surface area contributed by atoms with Crippen molar-refractivity contribution in [2.45, 2.75) is 20.0 Å². The summed E-state index contributed by atoms with van der Waals surface area (Å²) in [4.78, 5) is 30.1. The van der Waals surface area contributed by atoms with Crippen LogP contribution in [0, 0.1) is 12.8 Å². The van der Waals surface area contributed by atoms with Gasteiger partial charge in [0.25, 0.3) is 5.91 Å². The van der Waals surface area contributed by atoms with Gasteiger partial charge >= 0.3 is 5.97 Å². The van der Waals surface area contributed by atoms with Crippen molar-refractivity contribution in [1.29, 1.82) is 0 Å². The van der Waals surface area contributed by atoms with Crippen LogP contribution in [0.1, 0.15) is 28.0 Å². The summed E-state index contributed by atoms with van der Waals surface area (Å²) in [6, 6.07) is 11.0. The predicted molar refractivity (Wildman–Crippen MR) is 102 cm³/mol. The highest BCUT2D eigenvalue weighted by Gasteiger charge is 2.32. The number of carboxylic acid groups (broad SMARTS) is 1. The largest absolute Gasteiger partial charge is 0.486 e. The number of nitrogens with zero attached hydrogens (tertiary/aromatic N) is 3. The van der Waals surface area contributed by atoms with Gasteiger partial charge in [-0.3, -0.25) is 9.59 Å². The molecular formula is C21H21N3O4. The number of carbonyl (C=O) groups excluding carboxylic acids is 1. The molecule has 0 spiro atoms. The lowest BCUT2D eigenvalue weighted by Crippen LogP contribution is -2.30. The highest BCUT2D eigenvalue weighted by molar-refractivity contribution is 5.97. The molecule has 1 N–H and O–H groups in total. The molecule has 28 heavy (non-hydrogen) atoms. The number of para-hydroxylation sites is 1. The number of hydrogen-bond donors (Lipinski definition) is 1. The lowest BCUT2D eigenvalue weighted by molar-refractivity contribution is -0.141. The van der Waals surface area contributed by atoms with Gasteiger partial charge in [0.2, 0.25) is 0 Å². The van der Waals surface area contributed by atoms with E-state index in [9.17, 15) is 9.59 Å². The van der Waals surface area contributed by atoms with Gasteiger partial charge in [-0.1, -0.05) is 18.2 Å². The Balaban J connectivity index is 1.49. The van der Waals surface area contributed by atoms with E-state index in [2.05, 4.69) is 4.98 Å². The number of pyridine rings is 1. The number of carbonyl (C=O) groups is 2. The van der Waals surface area contributed by atoms with E-state index in [1.54, 1.807) is 23.1 Å². The third-order valence-corrected chi connectivity index (χ3v) is 4.97. The summed E-state index contributed by atoms with van der Waals surface area (Å²) < 4.78 is 7.84. The molecule has 3 heterocycles. The molecule has 0 aliphatic carbocycles. The minimum absolute atomic E-state index is 0.204. The number of aryl methyl sites for hydroxylation is 1. The normalized spacial score (nSPS) is 16.5. The Morgan fingerprint density at radius 2 is 2.04 bits per heavy atom. The van der Waals surface area contributed by atoms with Gasteiger partial charge < -0.3 is 19.1 Å². The highest BCUT2D eigenvalue weighted by atomic mass is 16.5. The van der Waals surface area contributed by atoms with Crippen LogP contribution in [0.2, 0.25) is 0 Å². The molecule has 1 atom stereocenters. The standard InChI is InChI=1S/C21H21N3O4/c1-14-6-7-19-22-16(12-24(19)10-14)13-28-18-5-3-2-4-17(18)20(25)23-9-8-15(11-23)21(26)27/h2-7,10,12,15H,8-9,11,13H2,1H3,(H,26,27). The van der Waals surface area contributed by atoms with Gasteiger partial charge in [-0.15, -0.1) is 0 Å². The van der Waals surface area contributed by atoms with Crippen LogP contribution in [0.25, 0.3) is 5.65 Å². The van der Waals surface area contributed by atoms with Gasteiger partial charge in [-0.25, -0.2) is 4.98 Å². The van der Waals surface area contributed by atoms with Crippen molar-refractivity contribution >= 4 is 17.5 Å². The Kier molecular flexibility index (Phi) is 4.73. The summed E-state index contributed by atoms with van der Waals surface area (Å²) in [7, 11) is 0. The molecule has 7 nitrogen and oxygen atoms in total. The molecule has 0 saturated carbocycles. The van der Waals surface area contributed by atoms with Crippen LogP contribution < -0.4 is 4.74 Å². The number of hydrogen-bond acceptors (Lipinski definition) is 4. The molecular weight excluding hydrogens is 358 g/mol. The predicted octanol–water partition coefficient (Wildman–Crippen LogP) is 2.77. The van der Waals surface area contributed by atoms with Crippen LogP contribution in [-0.4, -0.2) is 44.4 Å². The van der Waals surface area contributed by atoms with E-state index in [1.807, 2.05) is 41.9 Å². The lowest BCUT2D eigenvalue weighted by Gasteiger charge is -2.18. The molecule has 0 bridgehead atoms. The van der Waals surface area contributed by atoms with Crippen molar-refractivity contribution in [3.05, 3.63) is 65.6 Å². The zero-order valence-corrected chi connectivity index (χ0v) is 15.5. The van der Waals surface area contributed by atoms with Gasteiger partial charge in [-0.05, 0) is 37.1 Å². The average Bonchev–Trinajstić information content (AvgIpc) is 3.33. The van der Waals surface area contributed by atoms with Crippen molar-refractivity contribution < 1.29 is 19.4 Å². The van der Waals surface area contributed by atoms with E-state index in [4.69, 9.17) is 9.84 Å². The molecule has 144 valence electrons. The summed E-state index contributed by atoms with van der Waals surface area (Å²) >= 11 is 0. The average molecular weight is 379 g/mol. The summed E-state index contributed by atoms with van der Waals surface area (Å²) in [5.41, 5.74) is 3.18. The Hall–Kier alpha value is -3.35. The van der Waals surface area contributed by atoms with Crippen molar-refractivity contribution in [2.75, 3.05) is 13.1 Å². The Bertz CT molecular complexity index is 1040. The minimum Gasteiger partial charge on any atom is -0.486 e. The zero-order chi connectivity index (χ0) is 19.7. The van der Waals surface area contributed by atoms with Crippen LogP contribution in [0.5, 0.6) is 5.75 Å². The minimum atomic E-state index is -0.859. The van der Waals surface area contributed by atoms with E-state index in [-0.39, 0.29) is 19.1 Å². The molecule has 1 aliphatic rings. The van der Waals surface area contributed by atoms with E-state index in [0.717, 1.165) is 16.9 Å². The van der Waals surface area contributed by atoms with Crippen LogP contribution >= 0.6 is 0 Å². The molecule has 4 rings (SSSR count). The van der Waals surface area contributed by atoms with Crippen LogP contribution in [0.4, 0.5) is 0 Å². The first-order chi connectivity index (χ1) is 13.5. The first kappa shape index (κ1) is 18.0. The molecule has 1 aliphatic heterocycles. The first-order valence-electron chi connectivity index (χ1n) is 9.19. The molecule has 1 unspecified atom stereocenters. The van der Waals surface area contributed by atoms with Crippen LogP contribution in [0.15, 0.2) is 48.8 Å². The fraction of sp³-hybridized carbons (Fsp3) is 0.286. The smallest absolute Gasteiger partial charge is 0.308 e. The number of imidazole rings is 1. The van der Waals surface area contributed by atoms with E-state index < -0.39 is 11.9 Å². The molecule has 1 amide bonds. The number of rotatable bonds is 5. The number of fused-ring (bicyclic) bond motifs is 1. The Morgan fingerprint density at radius 3 is 2.82 bits per heavy atom. The number of ether oxygens (including phenoxy) is 1. The number of carboxylic acids is 1. The topological polar surface area (TPSA) is 84.1 Å². The third kappa shape index (κ3) is 3.55. The van der Waals surface area contributed by atoms with Crippen molar-refractivity contribution in [1.82, 2.24) is 14.3 Å². The number of amides is 1. The molecule has 2 aromatic heterocycles. The van der Waals surface area contributed by atoms with Gasteiger partial charge in [0.15, 0.2) is 0 Å². The van der Waals surface area contributed by atoms with Crippen molar-refractivity contribution in [3.63, 3.8) is 0 Å². The second kappa shape index (κ2) is 7.34. The molecule has 0 radical (unpaired) electrons. The summed E-state index contributed by atoms with van der Waals surface area (Å²) in [5, 5.41) is 9.15. The first-order valence-corrected chi connectivity index (χ1v) is 9.19. The summed E-state index contributed by atoms with van der Waals surface area (Å²) in [6.45, 7) is 2.93.